The highest BCUT2D eigenvalue weighted by Crippen LogP contribution is 2.40. The molecule has 0 saturated carbocycles. The van der Waals surface area contributed by atoms with Crippen LogP contribution in [0.25, 0.3) is 10.8 Å². The van der Waals surface area contributed by atoms with E-state index in [4.69, 9.17) is 9.47 Å². The Labute approximate surface area is 246 Å². The number of fused-ring (bicyclic) bond motifs is 1. The van der Waals surface area contributed by atoms with Crippen molar-refractivity contribution in [3.05, 3.63) is 65.7 Å². The molecular formula is C30H38N4O5S2. The third-order valence-electron chi connectivity index (χ3n) is 7.83. The van der Waals surface area contributed by atoms with E-state index in [0.717, 1.165) is 54.7 Å². The zero-order chi connectivity index (χ0) is 29.0. The molecule has 0 aliphatic carbocycles. The molecule has 4 aromatic rings. The number of aromatic hydroxyl groups is 1. The van der Waals surface area contributed by atoms with Crippen LogP contribution in [0.3, 0.4) is 0 Å². The van der Waals surface area contributed by atoms with Crippen LogP contribution in [0.1, 0.15) is 31.4 Å². The van der Waals surface area contributed by atoms with E-state index < -0.39 is 10.0 Å². The molecule has 0 unspecified atom stereocenters. The Morgan fingerprint density at radius 2 is 1.78 bits per heavy atom. The number of likely N-dealkylation sites (N-methyl/N-ethyl adjacent to an activating group) is 1. The number of rotatable bonds is 12. The van der Waals surface area contributed by atoms with Crippen molar-refractivity contribution < 1.29 is 23.0 Å². The van der Waals surface area contributed by atoms with Crippen LogP contribution in [-0.4, -0.2) is 76.5 Å². The summed E-state index contributed by atoms with van der Waals surface area (Å²) in [5, 5.41) is 15.1. The highest BCUT2D eigenvalue weighted by Gasteiger charge is 2.24. The van der Waals surface area contributed by atoms with Gasteiger partial charge in [-0.25, -0.2) is 13.1 Å². The van der Waals surface area contributed by atoms with Crippen molar-refractivity contribution >= 4 is 37.8 Å². The first kappa shape index (κ1) is 29.2. The SMILES string of the molecule is CCN1CCN(c2cccc3c(O)n([C@H](CCCNS(=O)(=O)c4cccs4)c4ccc(OC)c(OC)c4)cc23)CC1. The molecule has 220 valence electrons. The Hall–Kier alpha value is -3.25. The van der Waals surface area contributed by atoms with E-state index in [1.807, 2.05) is 41.1 Å². The summed E-state index contributed by atoms with van der Waals surface area (Å²) in [5.41, 5.74) is 2.04. The van der Waals surface area contributed by atoms with Crippen LogP contribution >= 0.6 is 11.3 Å². The van der Waals surface area contributed by atoms with Gasteiger partial charge < -0.3 is 28.9 Å². The van der Waals surface area contributed by atoms with E-state index >= 15 is 0 Å². The van der Waals surface area contributed by atoms with Gasteiger partial charge in [-0.05, 0) is 60.7 Å². The van der Waals surface area contributed by atoms with E-state index in [1.165, 1.54) is 11.3 Å². The first-order valence-corrected chi connectivity index (χ1v) is 16.3. The van der Waals surface area contributed by atoms with Gasteiger partial charge in [-0.1, -0.05) is 25.1 Å². The van der Waals surface area contributed by atoms with Crippen molar-refractivity contribution in [1.82, 2.24) is 14.2 Å². The lowest BCUT2D eigenvalue weighted by molar-refractivity contribution is 0.271. The molecule has 41 heavy (non-hydrogen) atoms. The second-order valence-corrected chi connectivity index (χ2v) is 13.1. The van der Waals surface area contributed by atoms with Crippen molar-refractivity contribution in [2.75, 3.05) is 58.4 Å². The van der Waals surface area contributed by atoms with Gasteiger partial charge in [0, 0.05) is 55.4 Å². The van der Waals surface area contributed by atoms with Crippen molar-refractivity contribution in [3.8, 4) is 17.4 Å². The summed E-state index contributed by atoms with van der Waals surface area (Å²) < 4.78 is 41.3. The number of benzene rings is 2. The Morgan fingerprint density at radius 3 is 2.46 bits per heavy atom. The quantitative estimate of drug-likeness (QED) is 0.224. The van der Waals surface area contributed by atoms with Gasteiger partial charge in [-0.15, -0.1) is 11.3 Å². The van der Waals surface area contributed by atoms with Crippen LogP contribution in [-0.2, 0) is 10.0 Å². The number of hydrogen-bond acceptors (Lipinski definition) is 8. The molecule has 2 aromatic heterocycles. The summed E-state index contributed by atoms with van der Waals surface area (Å²) in [6.07, 6.45) is 3.17. The van der Waals surface area contributed by atoms with Crippen LogP contribution < -0.4 is 19.1 Å². The van der Waals surface area contributed by atoms with E-state index in [0.29, 0.717) is 28.5 Å². The average molecular weight is 599 g/mol. The number of nitrogens with zero attached hydrogens (tertiary/aromatic N) is 3. The summed E-state index contributed by atoms with van der Waals surface area (Å²) in [5.74, 6) is 1.40. The Kier molecular flexibility index (Phi) is 9.08. The van der Waals surface area contributed by atoms with Crippen LogP contribution in [0.2, 0.25) is 0 Å². The summed E-state index contributed by atoms with van der Waals surface area (Å²) in [4.78, 5) is 4.84. The number of thiophene rings is 1. The number of sulfonamides is 1. The molecule has 1 saturated heterocycles. The van der Waals surface area contributed by atoms with E-state index in [-0.39, 0.29) is 18.5 Å². The summed E-state index contributed by atoms with van der Waals surface area (Å²) >= 11 is 1.19. The molecule has 0 bridgehead atoms. The molecule has 0 spiro atoms. The highest BCUT2D eigenvalue weighted by molar-refractivity contribution is 7.91. The Bertz CT molecular complexity index is 1560. The smallest absolute Gasteiger partial charge is 0.250 e. The van der Waals surface area contributed by atoms with Crippen molar-refractivity contribution in [2.24, 2.45) is 0 Å². The zero-order valence-electron chi connectivity index (χ0n) is 23.7. The van der Waals surface area contributed by atoms with Gasteiger partial charge >= 0.3 is 0 Å². The number of piperazine rings is 1. The minimum atomic E-state index is -3.55. The molecule has 0 radical (unpaired) electrons. The fraction of sp³-hybridized carbons (Fsp3) is 0.400. The van der Waals surface area contributed by atoms with Gasteiger partial charge in [0.2, 0.25) is 10.0 Å². The first-order valence-electron chi connectivity index (χ1n) is 13.9. The first-order chi connectivity index (χ1) is 19.9. The predicted molar refractivity (Wildman–Crippen MR) is 164 cm³/mol. The molecule has 1 atom stereocenters. The summed E-state index contributed by atoms with van der Waals surface area (Å²) in [6.45, 7) is 7.40. The fourth-order valence-corrected chi connectivity index (χ4v) is 7.67. The molecule has 0 amide bonds. The van der Waals surface area contributed by atoms with Crippen LogP contribution in [0.15, 0.2) is 64.3 Å². The number of aromatic nitrogens is 1. The summed E-state index contributed by atoms with van der Waals surface area (Å²) in [6, 6.07) is 14.9. The zero-order valence-corrected chi connectivity index (χ0v) is 25.4. The Balaban J connectivity index is 1.46. The third-order valence-corrected chi connectivity index (χ3v) is 10.7. The van der Waals surface area contributed by atoms with Crippen molar-refractivity contribution in [2.45, 2.75) is 30.0 Å². The van der Waals surface area contributed by atoms with E-state index in [9.17, 15) is 13.5 Å². The van der Waals surface area contributed by atoms with Crippen molar-refractivity contribution in [1.29, 1.82) is 0 Å². The largest absolute Gasteiger partial charge is 0.494 e. The van der Waals surface area contributed by atoms with Gasteiger partial charge in [-0.3, -0.25) is 0 Å². The number of methoxy groups -OCH3 is 2. The van der Waals surface area contributed by atoms with E-state index in [1.54, 1.807) is 31.7 Å². The normalized spacial score (nSPS) is 15.3. The topological polar surface area (TPSA) is 96.3 Å². The monoisotopic (exact) mass is 598 g/mol. The Morgan fingerprint density at radius 1 is 1.00 bits per heavy atom. The van der Waals surface area contributed by atoms with Crippen LogP contribution in [0.5, 0.6) is 17.4 Å². The lowest BCUT2D eigenvalue weighted by atomic mass is 10.0. The van der Waals surface area contributed by atoms with Gasteiger partial charge in [0.15, 0.2) is 17.4 Å². The highest BCUT2D eigenvalue weighted by atomic mass is 32.2. The molecule has 1 aliphatic heterocycles. The van der Waals surface area contributed by atoms with Gasteiger partial charge in [0.1, 0.15) is 4.21 Å². The number of anilines is 1. The molecule has 1 fully saturated rings. The second kappa shape index (κ2) is 12.7. The van der Waals surface area contributed by atoms with Crippen LogP contribution in [0, 0.1) is 0 Å². The second-order valence-electron chi connectivity index (χ2n) is 10.1. The predicted octanol–water partition coefficient (Wildman–Crippen LogP) is 4.92. The molecule has 2 N–H and O–H groups in total. The van der Waals surface area contributed by atoms with E-state index in [2.05, 4.69) is 27.5 Å². The van der Waals surface area contributed by atoms with Gasteiger partial charge in [-0.2, -0.15) is 0 Å². The summed E-state index contributed by atoms with van der Waals surface area (Å²) in [7, 11) is -0.352. The lowest BCUT2D eigenvalue weighted by Gasteiger charge is -2.35. The average Bonchev–Trinajstić information content (AvgIpc) is 3.66. The molecule has 1 aliphatic rings. The van der Waals surface area contributed by atoms with Crippen molar-refractivity contribution in [3.63, 3.8) is 0 Å². The molecular weight excluding hydrogens is 560 g/mol. The standard InChI is InChI=1S/C30H38N4O5S2/c1-4-32-15-17-33(18-16-32)26-9-5-8-23-24(26)21-34(30(23)35)25(22-12-13-27(38-2)28(20-22)39-3)10-6-14-31-41(36,37)29-11-7-19-40-29/h5,7-9,11-13,19-21,25,31,35H,4,6,10,14-18H2,1-3H3/t25-/m1/s1. The van der Waals surface area contributed by atoms with Gasteiger partial charge in [0.25, 0.3) is 0 Å². The molecule has 3 heterocycles. The maximum absolute atomic E-state index is 12.6. The van der Waals surface area contributed by atoms with Crippen LogP contribution in [0.4, 0.5) is 5.69 Å². The number of ether oxygens (including phenoxy) is 2. The minimum absolute atomic E-state index is 0.188. The maximum atomic E-state index is 12.6. The molecule has 11 heteroatoms. The molecule has 2 aromatic carbocycles. The maximum Gasteiger partial charge on any atom is 0.250 e. The third kappa shape index (κ3) is 6.18. The van der Waals surface area contributed by atoms with Gasteiger partial charge in [0.05, 0.1) is 20.3 Å². The number of hydrogen-bond donors (Lipinski definition) is 2. The lowest BCUT2D eigenvalue weighted by Crippen LogP contribution is -2.46. The molecule has 9 nitrogen and oxygen atoms in total. The number of nitrogens with one attached hydrogen (secondary N) is 1. The molecule has 5 rings (SSSR count). The minimum Gasteiger partial charge on any atom is -0.494 e. The fourth-order valence-electron chi connectivity index (χ4n) is 5.56.